The van der Waals surface area contributed by atoms with Crippen LogP contribution in [0.15, 0.2) is 47.4 Å². The fourth-order valence-electron chi connectivity index (χ4n) is 2.87. The number of hydrogen-bond donors (Lipinski definition) is 1. The van der Waals surface area contributed by atoms with E-state index < -0.39 is 0 Å². The number of aromatic nitrogens is 1. The third-order valence-corrected chi connectivity index (χ3v) is 4.15. The molecule has 1 N–H and O–H groups in total. The third-order valence-electron chi connectivity index (χ3n) is 4.15. The summed E-state index contributed by atoms with van der Waals surface area (Å²) in [6, 6.07) is 11.3. The van der Waals surface area contributed by atoms with Gasteiger partial charge in [-0.25, -0.2) is 0 Å². The molecule has 0 unspecified atom stereocenters. The van der Waals surface area contributed by atoms with Crippen LogP contribution in [0.2, 0.25) is 0 Å². The molecule has 23 heavy (non-hydrogen) atoms. The van der Waals surface area contributed by atoms with Crippen molar-refractivity contribution in [2.75, 3.05) is 6.61 Å². The lowest BCUT2D eigenvalue weighted by atomic mass is 10.2. The number of nitrogens with zero attached hydrogens (tertiary/aromatic N) is 1. The van der Waals surface area contributed by atoms with Gasteiger partial charge in [-0.1, -0.05) is 30.3 Å². The number of rotatable bonds is 5. The van der Waals surface area contributed by atoms with Crippen LogP contribution in [0.1, 0.15) is 30.3 Å². The average molecular weight is 315 g/mol. The summed E-state index contributed by atoms with van der Waals surface area (Å²) in [6.45, 7) is 2.23. The van der Waals surface area contributed by atoms with E-state index in [1.165, 1.54) is 6.07 Å². The summed E-state index contributed by atoms with van der Waals surface area (Å²) in [6.07, 6.45) is 3.07. The minimum Gasteiger partial charge on any atom is -0.483 e. The molecule has 0 bridgehead atoms. The van der Waals surface area contributed by atoms with Crippen LogP contribution in [-0.4, -0.2) is 22.4 Å². The zero-order chi connectivity index (χ0) is 16.2. The van der Waals surface area contributed by atoms with Crippen molar-refractivity contribution in [3.05, 3.63) is 64.1 Å². The van der Waals surface area contributed by atoms with Gasteiger partial charge in [-0.2, -0.15) is 0 Å². The summed E-state index contributed by atoms with van der Waals surface area (Å²) < 4.78 is 13.5. The van der Waals surface area contributed by atoms with Crippen LogP contribution in [0.3, 0.4) is 0 Å². The van der Waals surface area contributed by atoms with E-state index in [0.717, 1.165) is 24.1 Å². The Hall–Kier alpha value is -2.11. The number of benzene rings is 1. The summed E-state index contributed by atoms with van der Waals surface area (Å²) in [5.41, 5.74) is 1.63. The molecule has 0 aliphatic carbocycles. The predicted molar refractivity (Wildman–Crippen MR) is 86.4 cm³/mol. The zero-order valence-corrected chi connectivity index (χ0v) is 13.1. The molecule has 2 aromatic rings. The summed E-state index contributed by atoms with van der Waals surface area (Å²) in [4.78, 5) is 12.1. The maximum Gasteiger partial charge on any atom is 0.223 e. The Labute approximate surface area is 135 Å². The van der Waals surface area contributed by atoms with E-state index in [-0.39, 0.29) is 24.4 Å². The normalized spacial score (nSPS) is 20.6. The summed E-state index contributed by atoms with van der Waals surface area (Å²) in [5.74, 6) is 0.354. The lowest BCUT2D eigenvalue weighted by molar-refractivity contribution is -0.0238. The van der Waals surface area contributed by atoms with Crippen molar-refractivity contribution in [1.29, 1.82) is 0 Å². The molecule has 122 valence electrons. The molecular formula is C18H21NO4. The molecule has 2 atom stereocenters. The minimum absolute atomic E-state index is 0.0209. The maximum atomic E-state index is 12.1. The Balaban J connectivity index is 1.80. The van der Waals surface area contributed by atoms with Crippen molar-refractivity contribution in [1.82, 2.24) is 4.57 Å². The van der Waals surface area contributed by atoms with Gasteiger partial charge >= 0.3 is 0 Å². The van der Waals surface area contributed by atoms with Crippen LogP contribution < -0.4 is 10.2 Å². The highest BCUT2D eigenvalue weighted by molar-refractivity contribution is 5.28. The maximum absolute atomic E-state index is 12.1. The Morgan fingerprint density at radius 1 is 1.26 bits per heavy atom. The first-order chi connectivity index (χ1) is 11.2. The van der Waals surface area contributed by atoms with E-state index in [0.29, 0.717) is 12.4 Å². The summed E-state index contributed by atoms with van der Waals surface area (Å²) >= 11 is 0. The van der Waals surface area contributed by atoms with Crippen molar-refractivity contribution in [3.8, 4) is 5.75 Å². The van der Waals surface area contributed by atoms with E-state index in [9.17, 15) is 9.90 Å². The van der Waals surface area contributed by atoms with Gasteiger partial charge in [0.2, 0.25) is 5.43 Å². The van der Waals surface area contributed by atoms with Gasteiger partial charge in [0.25, 0.3) is 0 Å². The van der Waals surface area contributed by atoms with Gasteiger partial charge in [0, 0.05) is 12.3 Å². The SMILES string of the molecule is Cc1c(OCc2ccccc2)c(=O)ccn1[C@H]1CC[C@H](CO)O1. The number of ether oxygens (including phenoxy) is 2. The zero-order valence-electron chi connectivity index (χ0n) is 13.1. The van der Waals surface area contributed by atoms with Gasteiger partial charge in [0.15, 0.2) is 5.75 Å². The Bertz CT molecular complexity index is 711. The second kappa shape index (κ2) is 6.98. The van der Waals surface area contributed by atoms with Crippen LogP contribution in [0, 0.1) is 6.92 Å². The molecule has 1 aliphatic rings. The van der Waals surface area contributed by atoms with Gasteiger partial charge in [0.05, 0.1) is 18.4 Å². The third kappa shape index (κ3) is 3.46. The second-order valence-corrected chi connectivity index (χ2v) is 5.75. The Morgan fingerprint density at radius 2 is 2.04 bits per heavy atom. The molecule has 1 aliphatic heterocycles. The van der Waals surface area contributed by atoms with Crippen molar-refractivity contribution < 1.29 is 14.6 Å². The van der Waals surface area contributed by atoms with E-state index in [4.69, 9.17) is 9.47 Å². The van der Waals surface area contributed by atoms with Crippen LogP contribution in [0.5, 0.6) is 5.75 Å². The molecule has 1 saturated heterocycles. The topological polar surface area (TPSA) is 60.7 Å². The Kier molecular flexibility index (Phi) is 4.79. The van der Waals surface area contributed by atoms with Gasteiger partial charge < -0.3 is 19.1 Å². The van der Waals surface area contributed by atoms with Gasteiger partial charge in [-0.3, -0.25) is 4.79 Å². The fraction of sp³-hybridized carbons (Fsp3) is 0.389. The minimum atomic E-state index is -0.160. The standard InChI is InChI=1S/C18H21NO4/c1-13-18(22-12-14-5-3-2-4-6-14)16(21)9-10-19(13)17-8-7-15(11-20)23-17/h2-6,9-10,15,17,20H,7-8,11-12H2,1H3/t15-,17-/m1/s1. The lowest BCUT2D eigenvalue weighted by Crippen LogP contribution is -2.19. The highest BCUT2D eigenvalue weighted by atomic mass is 16.5. The lowest BCUT2D eigenvalue weighted by Gasteiger charge is -2.20. The quantitative estimate of drug-likeness (QED) is 0.920. The molecule has 2 heterocycles. The second-order valence-electron chi connectivity index (χ2n) is 5.75. The van der Waals surface area contributed by atoms with Crippen LogP contribution in [0.25, 0.3) is 0 Å². The van der Waals surface area contributed by atoms with Crippen LogP contribution in [-0.2, 0) is 11.3 Å². The van der Waals surface area contributed by atoms with Crippen molar-refractivity contribution >= 4 is 0 Å². The number of aliphatic hydroxyl groups excluding tert-OH is 1. The van der Waals surface area contributed by atoms with E-state index in [1.807, 2.05) is 41.8 Å². The van der Waals surface area contributed by atoms with Crippen molar-refractivity contribution in [2.24, 2.45) is 0 Å². The molecule has 5 heteroatoms. The molecule has 1 aromatic carbocycles. The van der Waals surface area contributed by atoms with Crippen LogP contribution in [0.4, 0.5) is 0 Å². The van der Waals surface area contributed by atoms with E-state index in [1.54, 1.807) is 6.20 Å². The van der Waals surface area contributed by atoms with Crippen LogP contribution >= 0.6 is 0 Å². The molecule has 0 amide bonds. The number of hydrogen-bond acceptors (Lipinski definition) is 4. The average Bonchev–Trinajstić information content (AvgIpc) is 3.04. The smallest absolute Gasteiger partial charge is 0.223 e. The highest BCUT2D eigenvalue weighted by Crippen LogP contribution is 2.30. The summed E-state index contributed by atoms with van der Waals surface area (Å²) in [7, 11) is 0. The van der Waals surface area contributed by atoms with E-state index in [2.05, 4.69) is 0 Å². The first kappa shape index (κ1) is 15.8. The van der Waals surface area contributed by atoms with E-state index >= 15 is 0 Å². The number of aliphatic hydroxyl groups is 1. The predicted octanol–water partition coefficient (Wildman–Crippen LogP) is 2.41. The van der Waals surface area contributed by atoms with Crippen molar-refractivity contribution in [2.45, 2.75) is 38.7 Å². The van der Waals surface area contributed by atoms with Gasteiger partial charge in [-0.15, -0.1) is 0 Å². The first-order valence-electron chi connectivity index (χ1n) is 7.84. The number of pyridine rings is 1. The van der Waals surface area contributed by atoms with Gasteiger partial charge in [0.1, 0.15) is 12.8 Å². The molecule has 3 rings (SSSR count). The monoisotopic (exact) mass is 315 g/mol. The fourth-order valence-corrected chi connectivity index (χ4v) is 2.87. The summed E-state index contributed by atoms with van der Waals surface area (Å²) in [5, 5.41) is 9.20. The Morgan fingerprint density at radius 3 is 2.74 bits per heavy atom. The molecule has 0 saturated carbocycles. The first-order valence-corrected chi connectivity index (χ1v) is 7.84. The molecule has 5 nitrogen and oxygen atoms in total. The largest absolute Gasteiger partial charge is 0.483 e. The molecule has 0 spiro atoms. The molecule has 0 radical (unpaired) electrons. The molecular weight excluding hydrogens is 294 g/mol. The molecule has 1 aromatic heterocycles. The molecule has 1 fully saturated rings. The van der Waals surface area contributed by atoms with Crippen molar-refractivity contribution in [3.63, 3.8) is 0 Å². The highest BCUT2D eigenvalue weighted by Gasteiger charge is 2.27. The van der Waals surface area contributed by atoms with Gasteiger partial charge in [-0.05, 0) is 25.3 Å².